The lowest BCUT2D eigenvalue weighted by atomic mass is 9.77. The molecule has 0 fully saturated rings. The van der Waals surface area contributed by atoms with Gasteiger partial charge < -0.3 is 14.6 Å². The monoisotopic (exact) mass is 401 g/mol. The molecule has 0 radical (unpaired) electrons. The number of nitrogens with zero attached hydrogens (tertiary/aromatic N) is 3. The van der Waals surface area contributed by atoms with Crippen molar-refractivity contribution in [1.29, 1.82) is 0 Å². The molecule has 9 heteroatoms. The molecular formula is C20H23N3O6. The molecule has 154 valence electrons. The number of rotatable bonds is 5. The molecule has 3 unspecified atom stereocenters. The summed E-state index contributed by atoms with van der Waals surface area (Å²) < 4.78 is 10.1. The van der Waals surface area contributed by atoms with Crippen LogP contribution in [0.4, 0.5) is 0 Å². The highest BCUT2D eigenvalue weighted by Gasteiger charge is 2.73. The van der Waals surface area contributed by atoms with Gasteiger partial charge >= 0.3 is 11.9 Å². The van der Waals surface area contributed by atoms with Gasteiger partial charge in [0, 0.05) is 12.5 Å². The van der Waals surface area contributed by atoms with Crippen LogP contribution in [0.3, 0.4) is 0 Å². The lowest BCUT2D eigenvalue weighted by Crippen LogP contribution is -2.64. The Morgan fingerprint density at radius 2 is 1.76 bits per heavy atom. The molecule has 3 rings (SSSR count). The van der Waals surface area contributed by atoms with Gasteiger partial charge in [0.15, 0.2) is 11.5 Å². The van der Waals surface area contributed by atoms with Crippen molar-refractivity contribution >= 4 is 29.3 Å². The van der Waals surface area contributed by atoms with Crippen LogP contribution in [0, 0.1) is 5.92 Å². The Labute approximate surface area is 168 Å². The maximum absolute atomic E-state index is 12.8. The molecule has 1 aromatic carbocycles. The third-order valence-electron chi connectivity index (χ3n) is 5.07. The van der Waals surface area contributed by atoms with E-state index in [2.05, 4.69) is 10.1 Å². The average Bonchev–Trinajstić information content (AvgIpc) is 3.05. The second-order valence-corrected chi connectivity index (χ2v) is 6.85. The Morgan fingerprint density at radius 1 is 1.14 bits per heavy atom. The zero-order valence-electron chi connectivity index (χ0n) is 16.7. The third kappa shape index (κ3) is 2.93. The van der Waals surface area contributed by atoms with Gasteiger partial charge in [-0.1, -0.05) is 30.3 Å². The van der Waals surface area contributed by atoms with Crippen molar-refractivity contribution in [3.05, 3.63) is 35.9 Å². The average molecular weight is 401 g/mol. The van der Waals surface area contributed by atoms with Crippen LogP contribution in [0.2, 0.25) is 0 Å². The zero-order valence-corrected chi connectivity index (χ0v) is 16.7. The molecule has 0 bridgehead atoms. The summed E-state index contributed by atoms with van der Waals surface area (Å²) in [7, 11) is 0. The third-order valence-corrected chi connectivity index (χ3v) is 5.07. The van der Waals surface area contributed by atoms with Gasteiger partial charge in [-0.05, 0) is 20.8 Å². The summed E-state index contributed by atoms with van der Waals surface area (Å²) in [6.07, 6.45) is 0. The maximum atomic E-state index is 12.8. The predicted molar refractivity (Wildman–Crippen MR) is 103 cm³/mol. The van der Waals surface area contributed by atoms with E-state index >= 15 is 0 Å². The van der Waals surface area contributed by atoms with Crippen molar-refractivity contribution in [3.63, 3.8) is 0 Å². The Kier molecular flexibility index (Phi) is 5.27. The molecule has 0 aliphatic carbocycles. The quantitative estimate of drug-likeness (QED) is 0.733. The first-order valence-corrected chi connectivity index (χ1v) is 9.33. The second kappa shape index (κ2) is 7.40. The van der Waals surface area contributed by atoms with Crippen LogP contribution in [0.25, 0.3) is 0 Å². The van der Waals surface area contributed by atoms with Crippen molar-refractivity contribution in [2.45, 2.75) is 39.0 Å². The summed E-state index contributed by atoms with van der Waals surface area (Å²) in [6, 6.07) is 8.82. The molecule has 9 nitrogen and oxygen atoms in total. The van der Waals surface area contributed by atoms with E-state index in [9.17, 15) is 19.5 Å². The highest BCUT2D eigenvalue weighted by molar-refractivity contribution is 6.43. The van der Waals surface area contributed by atoms with Crippen molar-refractivity contribution in [1.82, 2.24) is 5.01 Å². The molecular weight excluding hydrogens is 378 g/mol. The molecule has 2 aliphatic rings. The van der Waals surface area contributed by atoms with Crippen LogP contribution in [0.15, 0.2) is 40.4 Å². The number of ether oxygens (including phenoxy) is 2. The fourth-order valence-corrected chi connectivity index (χ4v) is 3.80. The molecule has 0 saturated heterocycles. The molecule has 2 heterocycles. The number of carbonyl (C=O) groups excluding carboxylic acids is 3. The summed E-state index contributed by atoms with van der Waals surface area (Å²) >= 11 is 0. The smallest absolute Gasteiger partial charge is 0.353 e. The number of carbonyl (C=O) groups is 3. The largest absolute Gasteiger partial charge is 0.465 e. The SMILES string of the molecule is CCOC(=O)C1=NC2(C)C(c3ccccc3)=NN(C(C)=O)C2(O)C1C(=O)OCC. The lowest BCUT2D eigenvalue weighted by Gasteiger charge is -2.38. The van der Waals surface area contributed by atoms with E-state index in [0.717, 1.165) is 5.01 Å². The Balaban J connectivity index is 2.24. The van der Waals surface area contributed by atoms with Crippen molar-refractivity contribution in [3.8, 4) is 0 Å². The van der Waals surface area contributed by atoms with Gasteiger partial charge in [-0.25, -0.2) is 4.79 Å². The minimum atomic E-state index is -2.25. The van der Waals surface area contributed by atoms with E-state index in [4.69, 9.17) is 9.47 Å². The first-order valence-electron chi connectivity index (χ1n) is 9.33. The topological polar surface area (TPSA) is 118 Å². The van der Waals surface area contributed by atoms with Gasteiger partial charge in [0.25, 0.3) is 0 Å². The van der Waals surface area contributed by atoms with Gasteiger partial charge in [0.05, 0.1) is 13.2 Å². The molecule has 29 heavy (non-hydrogen) atoms. The molecule has 1 N–H and O–H groups in total. The summed E-state index contributed by atoms with van der Waals surface area (Å²) in [5.74, 6) is -3.92. The molecule has 0 spiro atoms. The molecule has 0 saturated carbocycles. The van der Waals surface area contributed by atoms with Crippen LogP contribution >= 0.6 is 0 Å². The van der Waals surface area contributed by atoms with Crippen LogP contribution in [-0.2, 0) is 23.9 Å². The van der Waals surface area contributed by atoms with Gasteiger partial charge in [0.2, 0.25) is 11.6 Å². The highest BCUT2D eigenvalue weighted by Crippen LogP contribution is 2.50. The number of aliphatic imine (C=N–C) groups is 1. The van der Waals surface area contributed by atoms with Gasteiger partial charge in [0.1, 0.15) is 11.4 Å². The molecule has 1 aromatic rings. The van der Waals surface area contributed by atoms with Crippen LogP contribution < -0.4 is 0 Å². The number of hydrogen-bond donors (Lipinski definition) is 1. The van der Waals surface area contributed by atoms with Gasteiger partial charge in [-0.15, -0.1) is 0 Å². The van der Waals surface area contributed by atoms with Crippen molar-refractivity contribution in [2.75, 3.05) is 13.2 Å². The number of aliphatic hydroxyl groups is 1. The lowest BCUT2D eigenvalue weighted by molar-refractivity contribution is -0.181. The Morgan fingerprint density at radius 3 is 2.31 bits per heavy atom. The van der Waals surface area contributed by atoms with E-state index < -0.39 is 35.0 Å². The fourth-order valence-electron chi connectivity index (χ4n) is 3.80. The zero-order chi connectivity index (χ0) is 21.4. The minimum Gasteiger partial charge on any atom is -0.465 e. The minimum absolute atomic E-state index is 0.0186. The fraction of sp³-hybridized carbons (Fsp3) is 0.450. The second-order valence-electron chi connectivity index (χ2n) is 6.85. The maximum Gasteiger partial charge on any atom is 0.353 e. The van der Waals surface area contributed by atoms with Crippen molar-refractivity contribution in [2.24, 2.45) is 16.0 Å². The van der Waals surface area contributed by atoms with Crippen LogP contribution in [0.5, 0.6) is 0 Å². The summed E-state index contributed by atoms with van der Waals surface area (Å²) in [6.45, 7) is 6.02. The normalized spacial score (nSPS) is 27.8. The Bertz CT molecular complexity index is 912. The first kappa shape index (κ1) is 20.7. The first-order chi connectivity index (χ1) is 13.7. The van der Waals surface area contributed by atoms with E-state index in [1.54, 1.807) is 44.2 Å². The molecule has 3 atom stereocenters. The summed E-state index contributed by atoms with van der Waals surface area (Å²) in [5.41, 5.74) is -3.29. The number of hydrazone groups is 1. The van der Waals surface area contributed by atoms with Crippen molar-refractivity contribution < 1.29 is 29.0 Å². The molecule has 2 aliphatic heterocycles. The summed E-state index contributed by atoms with van der Waals surface area (Å²) in [4.78, 5) is 42.2. The highest BCUT2D eigenvalue weighted by atomic mass is 16.5. The number of benzene rings is 1. The standard InChI is InChI=1S/C20H23N3O6/c1-5-28-17(25)14-15(18(26)29-6-2)21-19(4)16(13-10-8-7-9-11-13)22-23(12(3)24)20(14,19)27/h7-11,14,27H,5-6H2,1-4H3. The van der Waals surface area contributed by atoms with Gasteiger partial charge in [-0.3, -0.25) is 14.6 Å². The van der Waals surface area contributed by atoms with E-state index in [-0.39, 0.29) is 24.6 Å². The van der Waals surface area contributed by atoms with Gasteiger partial charge in [-0.2, -0.15) is 10.1 Å². The molecule has 1 amide bonds. The van der Waals surface area contributed by atoms with Crippen LogP contribution in [0.1, 0.15) is 33.3 Å². The predicted octanol–water partition coefficient (Wildman–Crippen LogP) is 0.897. The number of amides is 1. The number of hydrogen-bond acceptors (Lipinski definition) is 8. The Hall–Kier alpha value is -3.07. The van der Waals surface area contributed by atoms with E-state index in [1.807, 2.05) is 0 Å². The number of fused-ring (bicyclic) bond motifs is 1. The van der Waals surface area contributed by atoms with E-state index in [1.165, 1.54) is 13.8 Å². The van der Waals surface area contributed by atoms with E-state index in [0.29, 0.717) is 5.56 Å². The van der Waals surface area contributed by atoms with Crippen LogP contribution in [-0.4, -0.2) is 63.9 Å². The number of esters is 2. The molecule has 0 aromatic heterocycles. The summed E-state index contributed by atoms with van der Waals surface area (Å²) in [5, 5.41) is 16.9.